The zero-order valence-corrected chi connectivity index (χ0v) is 8.82. The molecule has 0 aliphatic heterocycles. The van der Waals surface area contributed by atoms with Crippen molar-refractivity contribution < 1.29 is 32.7 Å². The Kier molecular flexibility index (Phi) is 12.0. The summed E-state index contributed by atoms with van der Waals surface area (Å²) in [4.78, 5) is 0. The predicted molar refractivity (Wildman–Crippen MR) is 34.0 cm³/mol. The second kappa shape index (κ2) is 8.10. The molecule has 0 fully saturated rings. The molecule has 0 aromatic rings. The van der Waals surface area contributed by atoms with Gasteiger partial charge in [0, 0.05) is 0 Å². The molecule has 44 valence electrons. The third-order valence-electron chi connectivity index (χ3n) is 1.27. The van der Waals surface area contributed by atoms with E-state index < -0.39 is 0 Å². The summed E-state index contributed by atoms with van der Waals surface area (Å²) in [6.45, 7) is 8.27. The molecular weight excluding hydrogens is 173 g/mol. The fourth-order valence-corrected chi connectivity index (χ4v) is 0.637. The van der Waals surface area contributed by atoms with Gasteiger partial charge in [0.25, 0.3) is 0 Å². The first-order valence-corrected chi connectivity index (χ1v) is 3.10. The number of hydrogen-bond donors (Lipinski definition) is 0. The van der Waals surface area contributed by atoms with Gasteiger partial charge in [-0.1, -0.05) is 32.6 Å². The van der Waals surface area contributed by atoms with Crippen LogP contribution < -0.4 is 0 Å². The van der Waals surface area contributed by atoms with Crippen LogP contribution in [0, 0.1) is 12.8 Å². The molecule has 0 aliphatic carbocycles. The minimum Gasteiger partial charge on any atom is -0.343 e. The summed E-state index contributed by atoms with van der Waals surface area (Å²) in [7, 11) is 0. The van der Waals surface area contributed by atoms with E-state index in [4.69, 9.17) is 0 Å². The Morgan fingerprint density at radius 2 is 2.00 bits per heavy atom. The summed E-state index contributed by atoms with van der Waals surface area (Å²) in [5.74, 6) is 0.838. The summed E-state index contributed by atoms with van der Waals surface area (Å²) >= 11 is 0. The maximum Gasteiger partial charge on any atom is 3.00 e. The van der Waals surface area contributed by atoms with Crippen molar-refractivity contribution in [3.63, 3.8) is 0 Å². The van der Waals surface area contributed by atoms with Gasteiger partial charge < -0.3 is 6.92 Å². The average molecular weight is 188 g/mol. The molecule has 0 aromatic heterocycles. The molecule has 0 aliphatic rings. The summed E-state index contributed by atoms with van der Waals surface area (Å²) in [5.41, 5.74) is 0. The quantitative estimate of drug-likeness (QED) is 0.597. The van der Waals surface area contributed by atoms with Crippen molar-refractivity contribution in [3.05, 3.63) is 6.92 Å². The van der Waals surface area contributed by atoms with Crippen LogP contribution in [0.1, 0.15) is 33.1 Å². The Hall–Kier alpha value is 1.10. The molecule has 0 spiro atoms. The molecule has 0 heterocycles. The first-order valence-electron chi connectivity index (χ1n) is 3.10. The second-order valence-corrected chi connectivity index (χ2v) is 2.18. The van der Waals surface area contributed by atoms with Crippen molar-refractivity contribution in [2.45, 2.75) is 33.1 Å². The molecule has 0 nitrogen and oxygen atoms in total. The molecule has 0 saturated carbocycles. The normalized spacial score (nSPS) is 12.4. The van der Waals surface area contributed by atoms with Crippen LogP contribution >= 0.6 is 0 Å². The Morgan fingerprint density at radius 1 is 1.50 bits per heavy atom. The van der Waals surface area contributed by atoms with Gasteiger partial charge in [0.2, 0.25) is 0 Å². The zero-order valence-electron chi connectivity index (χ0n) is 5.98. The van der Waals surface area contributed by atoms with E-state index in [2.05, 4.69) is 20.8 Å². The molecule has 1 unspecified atom stereocenters. The summed E-state index contributed by atoms with van der Waals surface area (Å²) in [5, 5.41) is 0. The van der Waals surface area contributed by atoms with Gasteiger partial charge in [-0.05, 0) is 0 Å². The largest absolute Gasteiger partial charge is 3.00 e. The van der Waals surface area contributed by atoms with Crippen molar-refractivity contribution in [1.82, 2.24) is 0 Å². The molecule has 1 heteroatoms. The second-order valence-electron chi connectivity index (χ2n) is 2.18. The molecule has 0 radical (unpaired) electrons. The molecule has 0 rings (SSSR count). The standard InChI is InChI=1S/C7H15.Y/c1-4-6-7(3)5-2;/h7H,2,4-6H2,1,3H3;/q-1;+3. The van der Waals surface area contributed by atoms with E-state index in [1.165, 1.54) is 12.8 Å². The van der Waals surface area contributed by atoms with E-state index in [-0.39, 0.29) is 32.7 Å². The van der Waals surface area contributed by atoms with Crippen molar-refractivity contribution in [2.75, 3.05) is 0 Å². The van der Waals surface area contributed by atoms with Crippen molar-refractivity contribution >= 4 is 0 Å². The SMILES string of the molecule is [CH2-]CC(C)CCC.[Y+3]. The van der Waals surface area contributed by atoms with E-state index in [0.29, 0.717) is 0 Å². The topological polar surface area (TPSA) is 0 Å². The molecule has 0 amide bonds. The van der Waals surface area contributed by atoms with Crippen LogP contribution in [-0.2, 0) is 32.7 Å². The van der Waals surface area contributed by atoms with Gasteiger partial charge in [0.1, 0.15) is 0 Å². The Morgan fingerprint density at radius 3 is 2.12 bits per heavy atom. The maximum atomic E-state index is 3.80. The van der Waals surface area contributed by atoms with Crippen LogP contribution in [0.2, 0.25) is 0 Å². The first kappa shape index (κ1) is 11.8. The monoisotopic (exact) mass is 188 g/mol. The van der Waals surface area contributed by atoms with Gasteiger partial charge in [0.15, 0.2) is 0 Å². The minimum absolute atomic E-state index is 0. The molecular formula is C7H15Y+2. The fraction of sp³-hybridized carbons (Fsp3) is 0.857. The maximum absolute atomic E-state index is 3.80. The summed E-state index contributed by atoms with van der Waals surface area (Å²) < 4.78 is 0. The van der Waals surface area contributed by atoms with Gasteiger partial charge in [-0.2, -0.15) is 6.42 Å². The van der Waals surface area contributed by atoms with Crippen LogP contribution in [0.3, 0.4) is 0 Å². The molecule has 0 N–H and O–H groups in total. The molecule has 1 atom stereocenters. The average Bonchev–Trinajstić information content (AvgIpc) is 1.68. The van der Waals surface area contributed by atoms with E-state index in [9.17, 15) is 0 Å². The molecule has 8 heavy (non-hydrogen) atoms. The summed E-state index contributed by atoms with van der Waals surface area (Å²) in [6, 6.07) is 0. The smallest absolute Gasteiger partial charge is 0.343 e. The van der Waals surface area contributed by atoms with Gasteiger partial charge in [0.05, 0.1) is 0 Å². The Balaban J connectivity index is 0. The van der Waals surface area contributed by atoms with Crippen LogP contribution in [0.5, 0.6) is 0 Å². The zero-order chi connectivity index (χ0) is 5.70. The summed E-state index contributed by atoms with van der Waals surface area (Å²) in [6.07, 6.45) is 3.73. The van der Waals surface area contributed by atoms with Crippen molar-refractivity contribution in [3.8, 4) is 0 Å². The first-order chi connectivity index (χ1) is 3.31. The van der Waals surface area contributed by atoms with Crippen LogP contribution in [0.25, 0.3) is 0 Å². The Labute approximate surface area is 78.3 Å². The van der Waals surface area contributed by atoms with Gasteiger partial charge in [-0.3, -0.25) is 0 Å². The van der Waals surface area contributed by atoms with E-state index in [0.717, 1.165) is 12.3 Å². The fourth-order valence-electron chi connectivity index (χ4n) is 0.637. The van der Waals surface area contributed by atoms with Gasteiger partial charge in [-0.15, -0.1) is 0 Å². The predicted octanol–water partition coefficient (Wildman–Crippen LogP) is 2.64. The van der Waals surface area contributed by atoms with Crippen molar-refractivity contribution in [2.24, 2.45) is 5.92 Å². The third-order valence-corrected chi connectivity index (χ3v) is 1.27. The van der Waals surface area contributed by atoms with Crippen LogP contribution in [-0.4, -0.2) is 0 Å². The number of hydrogen-bond acceptors (Lipinski definition) is 0. The van der Waals surface area contributed by atoms with E-state index >= 15 is 0 Å². The van der Waals surface area contributed by atoms with Gasteiger partial charge >= 0.3 is 32.7 Å². The third kappa shape index (κ3) is 7.10. The van der Waals surface area contributed by atoms with E-state index in [1.807, 2.05) is 0 Å². The number of rotatable bonds is 3. The Bertz CT molecular complexity index is 35.4. The molecule has 0 bridgehead atoms. The van der Waals surface area contributed by atoms with Crippen LogP contribution in [0.4, 0.5) is 0 Å². The molecule has 0 aromatic carbocycles. The minimum atomic E-state index is 0. The molecule has 0 saturated heterocycles. The van der Waals surface area contributed by atoms with Gasteiger partial charge in [-0.25, -0.2) is 0 Å². The van der Waals surface area contributed by atoms with E-state index in [1.54, 1.807) is 0 Å². The van der Waals surface area contributed by atoms with Crippen LogP contribution in [0.15, 0.2) is 0 Å². The van der Waals surface area contributed by atoms with Crippen molar-refractivity contribution in [1.29, 1.82) is 0 Å².